The van der Waals surface area contributed by atoms with Crippen molar-refractivity contribution in [2.45, 2.75) is 39.7 Å². The number of rotatable bonds is 6. The van der Waals surface area contributed by atoms with Crippen LogP contribution in [0.2, 0.25) is 0 Å². The predicted molar refractivity (Wildman–Crippen MR) is 87.9 cm³/mol. The van der Waals surface area contributed by atoms with Crippen LogP contribution >= 0.6 is 0 Å². The highest BCUT2D eigenvalue weighted by Crippen LogP contribution is 2.17. The van der Waals surface area contributed by atoms with Crippen LogP contribution in [0.15, 0.2) is 42.9 Å². The molecule has 0 aliphatic carbocycles. The Kier molecular flexibility index (Phi) is 4.37. The summed E-state index contributed by atoms with van der Waals surface area (Å²) in [6.07, 6.45) is 6.84. The molecule has 22 heavy (non-hydrogen) atoms. The van der Waals surface area contributed by atoms with Crippen molar-refractivity contribution in [2.24, 2.45) is 0 Å². The first-order chi connectivity index (χ1) is 10.8. The number of nitrogens with one attached hydrogen (secondary N) is 1. The lowest BCUT2D eigenvalue weighted by Crippen LogP contribution is -1.97. The molecule has 3 aromatic rings. The van der Waals surface area contributed by atoms with Crippen LogP contribution in [-0.4, -0.2) is 19.7 Å². The first-order valence-electron chi connectivity index (χ1n) is 7.89. The van der Waals surface area contributed by atoms with Crippen LogP contribution in [0.4, 0.5) is 0 Å². The van der Waals surface area contributed by atoms with Gasteiger partial charge in [-0.25, -0.2) is 4.98 Å². The third-order valence-corrected chi connectivity index (χ3v) is 3.98. The van der Waals surface area contributed by atoms with Gasteiger partial charge in [0.25, 0.3) is 0 Å². The first kappa shape index (κ1) is 14.6. The molecule has 0 fully saturated rings. The Labute approximate surface area is 131 Å². The van der Waals surface area contributed by atoms with Crippen molar-refractivity contribution in [1.82, 2.24) is 19.7 Å². The molecule has 4 nitrogen and oxygen atoms in total. The molecule has 2 aromatic heterocycles. The van der Waals surface area contributed by atoms with Gasteiger partial charge in [-0.05, 0) is 18.4 Å². The number of hydrogen-bond donors (Lipinski definition) is 1. The molecule has 0 saturated heterocycles. The largest absolute Gasteiger partial charge is 0.333 e. The molecule has 4 heteroatoms. The first-order valence-corrected chi connectivity index (χ1v) is 7.89. The normalized spacial score (nSPS) is 11.0. The van der Waals surface area contributed by atoms with Crippen LogP contribution in [0.1, 0.15) is 42.1 Å². The Morgan fingerprint density at radius 3 is 2.64 bits per heavy atom. The lowest BCUT2D eigenvalue weighted by atomic mass is 10.0. The molecular weight excluding hydrogens is 272 g/mol. The maximum absolute atomic E-state index is 4.56. The summed E-state index contributed by atoms with van der Waals surface area (Å²) >= 11 is 0. The SMILES string of the molecule is CCc1n[nH]c(CC)c1Cc1cn(Cc2ccccc2)cn1. The summed E-state index contributed by atoms with van der Waals surface area (Å²) < 4.78 is 2.14. The molecule has 1 N–H and O–H groups in total. The maximum atomic E-state index is 4.56. The fraction of sp³-hybridized carbons (Fsp3) is 0.333. The van der Waals surface area contributed by atoms with E-state index in [1.807, 2.05) is 12.4 Å². The van der Waals surface area contributed by atoms with Crippen LogP contribution in [-0.2, 0) is 25.8 Å². The van der Waals surface area contributed by atoms with Crippen LogP contribution in [0.3, 0.4) is 0 Å². The number of aromatic nitrogens is 4. The summed E-state index contributed by atoms with van der Waals surface area (Å²) in [5.74, 6) is 0. The molecule has 0 unspecified atom stereocenters. The number of benzene rings is 1. The van der Waals surface area contributed by atoms with Crippen molar-refractivity contribution >= 4 is 0 Å². The topological polar surface area (TPSA) is 46.5 Å². The molecule has 0 saturated carbocycles. The van der Waals surface area contributed by atoms with E-state index in [2.05, 4.69) is 64.1 Å². The molecule has 3 rings (SSSR count). The number of aromatic amines is 1. The summed E-state index contributed by atoms with van der Waals surface area (Å²) in [7, 11) is 0. The van der Waals surface area contributed by atoms with Gasteiger partial charge in [-0.1, -0.05) is 44.2 Å². The Bertz CT molecular complexity index is 703. The lowest BCUT2D eigenvalue weighted by molar-refractivity contribution is 0.796. The van der Waals surface area contributed by atoms with Gasteiger partial charge in [0.05, 0.1) is 17.7 Å². The van der Waals surface area contributed by atoms with E-state index >= 15 is 0 Å². The fourth-order valence-corrected chi connectivity index (χ4v) is 2.80. The second-order valence-corrected chi connectivity index (χ2v) is 5.53. The summed E-state index contributed by atoms with van der Waals surface area (Å²) in [5, 5.41) is 7.57. The van der Waals surface area contributed by atoms with Gasteiger partial charge in [0.1, 0.15) is 0 Å². The third kappa shape index (κ3) is 3.11. The molecule has 2 heterocycles. The monoisotopic (exact) mass is 294 g/mol. The number of nitrogens with zero attached hydrogens (tertiary/aromatic N) is 3. The molecule has 0 aliphatic heterocycles. The van der Waals surface area contributed by atoms with Gasteiger partial charge in [0.15, 0.2) is 0 Å². The Hall–Kier alpha value is -2.36. The molecule has 0 spiro atoms. The van der Waals surface area contributed by atoms with E-state index in [-0.39, 0.29) is 0 Å². The van der Waals surface area contributed by atoms with Crippen LogP contribution in [0, 0.1) is 0 Å². The summed E-state index contributed by atoms with van der Waals surface area (Å²) in [6.45, 7) is 5.16. The van der Waals surface area contributed by atoms with E-state index in [1.165, 1.54) is 16.8 Å². The van der Waals surface area contributed by atoms with Crippen molar-refractivity contribution in [3.63, 3.8) is 0 Å². The summed E-state index contributed by atoms with van der Waals surface area (Å²) in [5.41, 5.74) is 6.10. The van der Waals surface area contributed by atoms with Gasteiger partial charge in [0, 0.05) is 30.4 Å². The van der Waals surface area contributed by atoms with Crippen molar-refractivity contribution in [1.29, 1.82) is 0 Å². The smallest absolute Gasteiger partial charge is 0.0952 e. The van der Waals surface area contributed by atoms with Crippen LogP contribution < -0.4 is 0 Å². The van der Waals surface area contributed by atoms with Gasteiger partial charge in [0.2, 0.25) is 0 Å². The second-order valence-electron chi connectivity index (χ2n) is 5.53. The molecular formula is C18H22N4. The molecule has 1 aromatic carbocycles. The quantitative estimate of drug-likeness (QED) is 0.757. The molecule has 0 bridgehead atoms. The average molecular weight is 294 g/mol. The minimum Gasteiger partial charge on any atom is -0.333 e. The molecule has 114 valence electrons. The number of hydrogen-bond acceptors (Lipinski definition) is 2. The molecule has 0 radical (unpaired) electrons. The highest BCUT2D eigenvalue weighted by molar-refractivity contribution is 5.29. The van der Waals surface area contributed by atoms with E-state index in [0.29, 0.717) is 0 Å². The zero-order valence-electron chi connectivity index (χ0n) is 13.2. The van der Waals surface area contributed by atoms with E-state index in [0.717, 1.165) is 37.2 Å². The third-order valence-electron chi connectivity index (χ3n) is 3.98. The van der Waals surface area contributed by atoms with E-state index in [4.69, 9.17) is 0 Å². The van der Waals surface area contributed by atoms with Gasteiger partial charge < -0.3 is 4.57 Å². The molecule has 0 aliphatic rings. The van der Waals surface area contributed by atoms with E-state index < -0.39 is 0 Å². The van der Waals surface area contributed by atoms with Gasteiger partial charge >= 0.3 is 0 Å². The Morgan fingerprint density at radius 1 is 1.09 bits per heavy atom. The van der Waals surface area contributed by atoms with Crippen molar-refractivity contribution in [2.75, 3.05) is 0 Å². The van der Waals surface area contributed by atoms with Gasteiger partial charge in [-0.15, -0.1) is 0 Å². The lowest BCUT2D eigenvalue weighted by Gasteiger charge is -2.02. The second kappa shape index (κ2) is 6.60. The van der Waals surface area contributed by atoms with E-state index in [1.54, 1.807) is 0 Å². The van der Waals surface area contributed by atoms with Crippen molar-refractivity contribution in [3.05, 3.63) is 71.1 Å². The zero-order valence-corrected chi connectivity index (χ0v) is 13.2. The van der Waals surface area contributed by atoms with Crippen molar-refractivity contribution in [3.8, 4) is 0 Å². The number of imidazole rings is 1. The molecule has 0 atom stereocenters. The standard InChI is InChI=1S/C18H22N4/c1-3-17-16(18(4-2)21-20-17)10-15-12-22(13-19-15)11-14-8-6-5-7-9-14/h5-9,12-13H,3-4,10-11H2,1-2H3,(H,20,21). The maximum Gasteiger partial charge on any atom is 0.0952 e. The molecule has 0 amide bonds. The number of aryl methyl sites for hydroxylation is 2. The minimum absolute atomic E-state index is 0.852. The van der Waals surface area contributed by atoms with Crippen LogP contribution in [0.5, 0.6) is 0 Å². The highest BCUT2D eigenvalue weighted by Gasteiger charge is 2.12. The number of H-pyrrole nitrogens is 1. The average Bonchev–Trinajstić information content (AvgIpc) is 3.15. The zero-order chi connectivity index (χ0) is 15.4. The van der Waals surface area contributed by atoms with E-state index in [9.17, 15) is 0 Å². The Morgan fingerprint density at radius 2 is 1.91 bits per heavy atom. The minimum atomic E-state index is 0.852. The fourth-order valence-electron chi connectivity index (χ4n) is 2.80. The highest BCUT2D eigenvalue weighted by atomic mass is 15.1. The van der Waals surface area contributed by atoms with Crippen LogP contribution in [0.25, 0.3) is 0 Å². The van der Waals surface area contributed by atoms with Gasteiger partial charge in [-0.3, -0.25) is 5.10 Å². The summed E-state index contributed by atoms with van der Waals surface area (Å²) in [6, 6.07) is 10.5. The van der Waals surface area contributed by atoms with Gasteiger partial charge in [-0.2, -0.15) is 5.10 Å². The predicted octanol–water partition coefficient (Wildman–Crippen LogP) is 3.37. The van der Waals surface area contributed by atoms with Crippen molar-refractivity contribution < 1.29 is 0 Å². The Balaban J connectivity index is 1.76. The summed E-state index contributed by atoms with van der Waals surface area (Å²) in [4.78, 5) is 4.56.